The monoisotopic (exact) mass is 348 g/mol. The second-order valence-electron chi connectivity index (χ2n) is 6.77. The van der Waals surface area contributed by atoms with Crippen LogP contribution in [-0.4, -0.2) is 39.5 Å². The third-order valence-corrected chi connectivity index (χ3v) is 5.05. The molecule has 0 radical (unpaired) electrons. The lowest BCUT2D eigenvalue weighted by Crippen LogP contribution is -2.51. The van der Waals surface area contributed by atoms with Crippen LogP contribution in [0.3, 0.4) is 0 Å². The Kier molecular flexibility index (Phi) is 4.17. The largest absolute Gasteiger partial charge is 0.351 e. The molecule has 4 rings (SSSR count). The van der Waals surface area contributed by atoms with Gasteiger partial charge in [0.1, 0.15) is 17.9 Å². The topological polar surface area (TPSA) is 97.7 Å². The number of carbonyl (C=O) groups excluding carboxylic acids is 1. The van der Waals surface area contributed by atoms with Crippen LogP contribution in [0.1, 0.15) is 26.2 Å². The molecule has 1 amide bonds. The van der Waals surface area contributed by atoms with Gasteiger partial charge in [0, 0.05) is 53.4 Å². The molecular formula is C19H20N6O. The Morgan fingerprint density at radius 1 is 1.42 bits per heavy atom. The smallest absolute Gasteiger partial charge is 0.234 e. The van der Waals surface area contributed by atoms with Crippen LogP contribution >= 0.6 is 0 Å². The lowest BCUT2D eigenvalue weighted by atomic mass is 9.98. The summed E-state index contributed by atoms with van der Waals surface area (Å²) < 4.78 is 0. The van der Waals surface area contributed by atoms with E-state index in [-0.39, 0.29) is 18.4 Å². The molecule has 7 nitrogen and oxygen atoms in total. The number of nitrogens with one attached hydrogen (secondary N) is 2. The van der Waals surface area contributed by atoms with Gasteiger partial charge < -0.3 is 15.2 Å². The minimum absolute atomic E-state index is 0.0210. The number of amides is 1. The number of H-pyrrole nitrogens is 1. The molecule has 0 aliphatic carbocycles. The number of carbonyl (C=O) groups is 1. The van der Waals surface area contributed by atoms with Crippen LogP contribution in [-0.2, 0) is 4.79 Å². The van der Waals surface area contributed by atoms with Gasteiger partial charge in [-0.05, 0) is 31.9 Å². The number of aromatic amines is 1. The highest BCUT2D eigenvalue weighted by Gasteiger charge is 2.28. The van der Waals surface area contributed by atoms with Gasteiger partial charge in [0.05, 0.1) is 6.07 Å². The van der Waals surface area contributed by atoms with E-state index in [1.165, 1.54) is 0 Å². The Morgan fingerprint density at radius 2 is 2.31 bits per heavy atom. The maximum Gasteiger partial charge on any atom is 0.234 e. The van der Waals surface area contributed by atoms with Gasteiger partial charge in [-0.2, -0.15) is 5.26 Å². The van der Waals surface area contributed by atoms with Crippen molar-refractivity contribution in [3.63, 3.8) is 0 Å². The van der Waals surface area contributed by atoms with Gasteiger partial charge in [0.2, 0.25) is 5.91 Å². The number of fused-ring (bicyclic) bond motifs is 3. The van der Waals surface area contributed by atoms with Crippen molar-refractivity contribution in [2.24, 2.45) is 0 Å². The van der Waals surface area contributed by atoms with Crippen molar-refractivity contribution in [1.82, 2.24) is 20.3 Å². The van der Waals surface area contributed by atoms with Crippen molar-refractivity contribution in [2.45, 2.75) is 38.3 Å². The van der Waals surface area contributed by atoms with E-state index >= 15 is 0 Å². The van der Waals surface area contributed by atoms with Crippen LogP contribution < -0.4 is 10.2 Å². The van der Waals surface area contributed by atoms with Gasteiger partial charge in [-0.15, -0.1) is 0 Å². The number of nitrogens with zero attached hydrogens (tertiary/aromatic N) is 4. The molecule has 1 aliphatic heterocycles. The van der Waals surface area contributed by atoms with Crippen LogP contribution in [0.25, 0.3) is 21.8 Å². The molecule has 132 valence electrons. The number of aromatic nitrogens is 3. The number of pyridine rings is 2. The third-order valence-electron chi connectivity index (χ3n) is 5.05. The number of rotatable bonds is 3. The normalized spacial score (nSPS) is 20.2. The van der Waals surface area contributed by atoms with Gasteiger partial charge in [-0.3, -0.25) is 4.79 Å². The lowest BCUT2D eigenvalue weighted by molar-refractivity contribution is -0.120. The van der Waals surface area contributed by atoms with E-state index in [9.17, 15) is 4.79 Å². The zero-order valence-corrected chi connectivity index (χ0v) is 14.6. The Hall–Kier alpha value is -3.14. The predicted molar refractivity (Wildman–Crippen MR) is 99.6 cm³/mol. The molecule has 1 saturated heterocycles. The molecule has 0 aromatic carbocycles. The van der Waals surface area contributed by atoms with E-state index in [1.54, 1.807) is 0 Å². The fourth-order valence-corrected chi connectivity index (χ4v) is 3.74. The molecule has 3 aromatic rings. The fourth-order valence-electron chi connectivity index (χ4n) is 3.74. The predicted octanol–water partition coefficient (Wildman–Crippen LogP) is 2.50. The number of hydrogen-bond donors (Lipinski definition) is 2. The Morgan fingerprint density at radius 3 is 3.15 bits per heavy atom. The molecule has 0 bridgehead atoms. The summed E-state index contributed by atoms with van der Waals surface area (Å²) >= 11 is 0. The lowest BCUT2D eigenvalue weighted by Gasteiger charge is -2.39. The van der Waals surface area contributed by atoms with Gasteiger partial charge in [0.15, 0.2) is 0 Å². The molecular weight excluding hydrogens is 328 g/mol. The first-order valence-electron chi connectivity index (χ1n) is 8.81. The Labute approximate surface area is 151 Å². The summed E-state index contributed by atoms with van der Waals surface area (Å²) in [6, 6.07) is 6.24. The number of anilines is 1. The average Bonchev–Trinajstić information content (AvgIpc) is 3.12. The van der Waals surface area contributed by atoms with Crippen LogP contribution in [0.5, 0.6) is 0 Å². The summed E-state index contributed by atoms with van der Waals surface area (Å²) in [5.74, 6) is 0.705. The highest BCUT2D eigenvalue weighted by atomic mass is 16.1. The van der Waals surface area contributed by atoms with Crippen LogP contribution in [0.15, 0.2) is 30.7 Å². The minimum Gasteiger partial charge on any atom is -0.351 e. The summed E-state index contributed by atoms with van der Waals surface area (Å²) in [7, 11) is 0. The first kappa shape index (κ1) is 16.3. The van der Waals surface area contributed by atoms with Crippen LogP contribution in [0.4, 0.5) is 5.82 Å². The van der Waals surface area contributed by atoms with E-state index in [2.05, 4.69) is 32.1 Å². The first-order valence-corrected chi connectivity index (χ1v) is 8.81. The quantitative estimate of drug-likeness (QED) is 0.758. The molecule has 2 unspecified atom stereocenters. The standard InChI is InChI=1S/C19H20N6O/c1-12-2-3-14(24-16(26)4-7-20)11-25(12)19-17-13(5-8-22-19)10-23-18-15(17)6-9-21-18/h5-6,8-10,12,14H,2-4,11H2,1H3,(H,21,23)(H,24,26). The van der Waals surface area contributed by atoms with E-state index in [0.29, 0.717) is 12.6 Å². The van der Waals surface area contributed by atoms with Gasteiger partial charge in [0.25, 0.3) is 0 Å². The van der Waals surface area contributed by atoms with E-state index in [1.807, 2.05) is 36.8 Å². The summed E-state index contributed by atoms with van der Waals surface area (Å²) in [5, 5.41) is 14.8. The van der Waals surface area contributed by atoms with Crippen molar-refractivity contribution in [3.8, 4) is 6.07 Å². The molecule has 0 saturated carbocycles. The molecule has 3 aromatic heterocycles. The van der Waals surface area contributed by atoms with Crippen LogP contribution in [0, 0.1) is 11.3 Å². The molecule has 4 heterocycles. The average molecular weight is 348 g/mol. The Balaban J connectivity index is 1.72. The minimum atomic E-state index is -0.213. The van der Waals surface area contributed by atoms with Crippen molar-refractivity contribution < 1.29 is 4.79 Å². The zero-order chi connectivity index (χ0) is 18.1. The molecule has 1 fully saturated rings. The first-order chi connectivity index (χ1) is 12.7. The SMILES string of the molecule is CC1CCC(NC(=O)CC#N)CN1c1nccc2cnc3[nH]ccc3c12. The van der Waals surface area contributed by atoms with E-state index < -0.39 is 0 Å². The fraction of sp³-hybridized carbons (Fsp3) is 0.368. The second kappa shape index (κ2) is 6.64. The molecule has 26 heavy (non-hydrogen) atoms. The summed E-state index contributed by atoms with van der Waals surface area (Å²) in [5.41, 5.74) is 0.843. The molecule has 1 aliphatic rings. The number of piperidine rings is 1. The molecule has 7 heteroatoms. The molecule has 2 atom stereocenters. The van der Waals surface area contributed by atoms with Gasteiger partial charge >= 0.3 is 0 Å². The van der Waals surface area contributed by atoms with E-state index in [4.69, 9.17) is 5.26 Å². The van der Waals surface area contributed by atoms with Gasteiger partial charge in [-0.1, -0.05) is 0 Å². The molecule has 2 N–H and O–H groups in total. The Bertz CT molecular complexity index is 1000. The van der Waals surface area contributed by atoms with E-state index in [0.717, 1.165) is 40.5 Å². The van der Waals surface area contributed by atoms with Crippen molar-refractivity contribution >= 4 is 33.5 Å². The summed E-state index contributed by atoms with van der Waals surface area (Å²) in [6.07, 6.45) is 7.31. The third kappa shape index (κ3) is 2.84. The van der Waals surface area contributed by atoms with Crippen molar-refractivity contribution in [3.05, 3.63) is 30.7 Å². The van der Waals surface area contributed by atoms with Crippen LogP contribution in [0.2, 0.25) is 0 Å². The van der Waals surface area contributed by atoms with Gasteiger partial charge in [-0.25, -0.2) is 9.97 Å². The summed E-state index contributed by atoms with van der Waals surface area (Å²) in [4.78, 5) is 26.4. The number of nitriles is 1. The molecule has 0 spiro atoms. The second-order valence-corrected chi connectivity index (χ2v) is 6.77. The highest BCUT2D eigenvalue weighted by molar-refractivity contribution is 6.10. The van der Waals surface area contributed by atoms with Crippen molar-refractivity contribution in [1.29, 1.82) is 5.26 Å². The summed E-state index contributed by atoms with van der Waals surface area (Å²) in [6.45, 7) is 2.86. The maximum atomic E-state index is 11.8. The number of hydrogen-bond acceptors (Lipinski definition) is 5. The van der Waals surface area contributed by atoms with Crippen molar-refractivity contribution in [2.75, 3.05) is 11.4 Å². The maximum absolute atomic E-state index is 11.8. The zero-order valence-electron chi connectivity index (χ0n) is 14.6. The highest BCUT2D eigenvalue weighted by Crippen LogP contribution is 2.33.